The molecule has 0 atom stereocenters. The lowest BCUT2D eigenvalue weighted by atomic mass is 10.0. The number of hydrogen-bond donors (Lipinski definition) is 2. The summed E-state index contributed by atoms with van der Waals surface area (Å²) in [5.41, 5.74) is 1.34. The van der Waals surface area contributed by atoms with Gasteiger partial charge in [-0.1, -0.05) is 6.07 Å². The molecule has 0 spiro atoms. The molecule has 102 valence electrons. The van der Waals surface area contributed by atoms with Crippen molar-refractivity contribution in [1.82, 2.24) is 4.72 Å². The van der Waals surface area contributed by atoms with Gasteiger partial charge in [0.15, 0.2) is 0 Å². The van der Waals surface area contributed by atoms with E-state index in [2.05, 4.69) is 4.72 Å². The van der Waals surface area contributed by atoms with E-state index in [4.69, 9.17) is 5.11 Å². The third-order valence-corrected chi connectivity index (χ3v) is 4.63. The van der Waals surface area contributed by atoms with Crippen molar-refractivity contribution in [2.75, 3.05) is 6.61 Å². The summed E-state index contributed by atoms with van der Waals surface area (Å²) in [6.45, 7) is 7.27. The highest BCUT2D eigenvalue weighted by Crippen LogP contribution is 2.18. The fourth-order valence-electron chi connectivity index (χ4n) is 1.63. The molecule has 0 saturated carbocycles. The summed E-state index contributed by atoms with van der Waals surface area (Å²) < 4.78 is 27.0. The summed E-state index contributed by atoms with van der Waals surface area (Å²) in [7, 11) is -3.54. The summed E-state index contributed by atoms with van der Waals surface area (Å²) in [6.07, 6.45) is 0.372. The molecule has 0 heterocycles. The van der Waals surface area contributed by atoms with Gasteiger partial charge in [0.05, 0.1) is 4.90 Å². The number of rotatable bonds is 5. The Labute approximate surface area is 109 Å². The minimum atomic E-state index is -3.54. The summed E-state index contributed by atoms with van der Waals surface area (Å²) >= 11 is 0. The third kappa shape index (κ3) is 3.80. The van der Waals surface area contributed by atoms with Crippen LogP contribution in [0.5, 0.6) is 0 Å². The molecule has 0 bridgehead atoms. The highest BCUT2D eigenvalue weighted by atomic mass is 32.2. The predicted molar refractivity (Wildman–Crippen MR) is 72.0 cm³/mol. The van der Waals surface area contributed by atoms with E-state index in [1.54, 1.807) is 32.0 Å². The Bertz CT molecular complexity index is 521. The van der Waals surface area contributed by atoms with E-state index >= 15 is 0 Å². The second kappa shape index (κ2) is 5.38. The SMILES string of the molecule is Cc1ccc(S(=O)(=O)NC(C)(C)CCO)cc1C. The van der Waals surface area contributed by atoms with E-state index in [1.165, 1.54) is 0 Å². The Morgan fingerprint density at radius 2 is 1.83 bits per heavy atom. The Kier molecular flexibility index (Phi) is 4.53. The molecule has 0 aliphatic heterocycles. The molecular formula is C13H21NO3S. The fourth-order valence-corrected chi connectivity index (χ4v) is 3.16. The molecule has 1 rings (SSSR count). The van der Waals surface area contributed by atoms with Crippen LogP contribution in [-0.2, 0) is 10.0 Å². The second-order valence-electron chi connectivity index (χ2n) is 5.21. The van der Waals surface area contributed by atoms with Gasteiger partial charge in [-0.3, -0.25) is 0 Å². The molecule has 18 heavy (non-hydrogen) atoms. The average Bonchev–Trinajstić information content (AvgIpc) is 2.20. The number of aliphatic hydroxyl groups is 1. The molecular weight excluding hydrogens is 250 g/mol. The summed E-state index contributed by atoms with van der Waals surface area (Å²) in [4.78, 5) is 0.261. The number of nitrogens with one attached hydrogen (secondary N) is 1. The van der Waals surface area contributed by atoms with Crippen LogP contribution in [0.25, 0.3) is 0 Å². The van der Waals surface area contributed by atoms with Crippen LogP contribution in [0, 0.1) is 13.8 Å². The minimum Gasteiger partial charge on any atom is -0.396 e. The second-order valence-corrected chi connectivity index (χ2v) is 6.89. The first kappa shape index (κ1) is 15.1. The van der Waals surface area contributed by atoms with Crippen molar-refractivity contribution >= 4 is 10.0 Å². The highest BCUT2D eigenvalue weighted by molar-refractivity contribution is 7.89. The van der Waals surface area contributed by atoms with Crippen LogP contribution < -0.4 is 4.72 Å². The van der Waals surface area contributed by atoms with Crippen molar-refractivity contribution in [3.8, 4) is 0 Å². The van der Waals surface area contributed by atoms with Gasteiger partial charge in [0.1, 0.15) is 0 Å². The Hall–Kier alpha value is -0.910. The van der Waals surface area contributed by atoms with Gasteiger partial charge in [0, 0.05) is 12.1 Å². The van der Waals surface area contributed by atoms with Crippen LogP contribution in [0.2, 0.25) is 0 Å². The number of aliphatic hydroxyl groups excluding tert-OH is 1. The molecule has 0 radical (unpaired) electrons. The summed E-state index contributed by atoms with van der Waals surface area (Å²) in [5.74, 6) is 0. The van der Waals surface area contributed by atoms with Crippen molar-refractivity contribution in [3.05, 3.63) is 29.3 Å². The van der Waals surface area contributed by atoms with Gasteiger partial charge >= 0.3 is 0 Å². The zero-order chi connectivity index (χ0) is 14.0. The fraction of sp³-hybridized carbons (Fsp3) is 0.538. The topological polar surface area (TPSA) is 66.4 Å². The normalized spacial score (nSPS) is 12.7. The van der Waals surface area contributed by atoms with Crippen LogP contribution >= 0.6 is 0 Å². The lowest BCUT2D eigenvalue weighted by Gasteiger charge is -2.25. The van der Waals surface area contributed by atoms with Crippen LogP contribution in [0.4, 0.5) is 0 Å². The first-order valence-corrected chi connectivity index (χ1v) is 7.38. The van der Waals surface area contributed by atoms with Crippen LogP contribution in [0.1, 0.15) is 31.4 Å². The average molecular weight is 271 g/mol. The van der Waals surface area contributed by atoms with Crippen molar-refractivity contribution in [1.29, 1.82) is 0 Å². The standard InChI is InChI=1S/C13H21NO3S/c1-10-5-6-12(9-11(10)2)18(16,17)14-13(3,4)7-8-15/h5-6,9,14-15H,7-8H2,1-4H3. The van der Waals surface area contributed by atoms with Gasteiger partial charge in [-0.25, -0.2) is 13.1 Å². The smallest absolute Gasteiger partial charge is 0.241 e. The maximum atomic E-state index is 12.2. The van der Waals surface area contributed by atoms with Gasteiger partial charge in [0.25, 0.3) is 0 Å². The first-order valence-electron chi connectivity index (χ1n) is 5.90. The molecule has 0 amide bonds. The Morgan fingerprint density at radius 3 is 2.33 bits per heavy atom. The Balaban J connectivity index is 3.03. The number of sulfonamides is 1. The molecule has 5 heteroatoms. The van der Waals surface area contributed by atoms with E-state index < -0.39 is 15.6 Å². The quantitative estimate of drug-likeness (QED) is 0.857. The van der Waals surface area contributed by atoms with E-state index in [-0.39, 0.29) is 11.5 Å². The van der Waals surface area contributed by atoms with Crippen LogP contribution in [-0.4, -0.2) is 25.7 Å². The van der Waals surface area contributed by atoms with Crippen molar-refractivity contribution < 1.29 is 13.5 Å². The van der Waals surface area contributed by atoms with Gasteiger partial charge in [0.2, 0.25) is 10.0 Å². The van der Waals surface area contributed by atoms with Gasteiger partial charge in [-0.05, 0) is 57.4 Å². The maximum absolute atomic E-state index is 12.2. The monoisotopic (exact) mass is 271 g/mol. The molecule has 0 aliphatic rings. The number of hydrogen-bond acceptors (Lipinski definition) is 3. The molecule has 0 aromatic heterocycles. The first-order chi connectivity index (χ1) is 8.18. The lowest BCUT2D eigenvalue weighted by Crippen LogP contribution is -2.43. The molecule has 1 aromatic carbocycles. The highest BCUT2D eigenvalue weighted by Gasteiger charge is 2.25. The third-order valence-electron chi connectivity index (χ3n) is 2.94. The zero-order valence-electron chi connectivity index (χ0n) is 11.3. The maximum Gasteiger partial charge on any atom is 0.241 e. The minimum absolute atomic E-state index is 0.0531. The number of aryl methyl sites for hydroxylation is 2. The molecule has 0 unspecified atom stereocenters. The zero-order valence-corrected chi connectivity index (χ0v) is 12.1. The number of benzene rings is 1. The van der Waals surface area contributed by atoms with Gasteiger partial charge < -0.3 is 5.11 Å². The molecule has 2 N–H and O–H groups in total. The summed E-state index contributed by atoms with van der Waals surface area (Å²) in [6, 6.07) is 5.05. The van der Waals surface area contributed by atoms with E-state index in [0.717, 1.165) is 11.1 Å². The van der Waals surface area contributed by atoms with Crippen LogP contribution in [0.3, 0.4) is 0 Å². The van der Waals surface area contributed by atoms with Crippen molar-refractivity contribution in [3.63, 3.8) is 0 Å². The van der Waals surface area contributed by atoms with Gasteiger partial charge in [-0.15, -0.1) is 0 Å². The lowest BCUT2D eigenvalue weighted by molar-refractivity contribution is 0.246. The molecule has 0 aliphatic carbocycles. The van der Waals surface area contributed by atoms with Gasteiger partial charge in [-0.2, -0.15) is 0 Å². The largest absolute Gasteiger partial charge is 0.396 e. The van der Waals surface area contributed by atoms with E-state index in [0.29, 0.717) is 6.42 Å². The molecule has 1 aromatic rings. The predicted octanol–water partition coefficient (Wildman–Crippen LogP) is 1.74. The Morgan fingerprint density at radius 1 is 1.22 bits per heavy atom. The molecule has 4 nitrogen and oxygen atoms in total. The van der Waals surface area contributed by atoms with E-state index in [1.807, 2.05) is 13.8 Å². The molecule has 0 fully saturated rings. The summed E-state index contributed by atoms with van der Waals surface area (Å²) in [5, 5.41) is 8.91. The van der Waals surface area contributed by atoms with Crippen molar-refractivity contribution in [2.24, 2.45) is 0 Å². The van der Waals surface area contributed by atoms with E-state index in [9.17, 15) is 8.42 Å². The van der Waals surface area contributed by atoms with Crippen LogP contribution in [0.15, 0.2) is 23.1 Å². The van der Waals surface area contributed by atoms with Crippen molar-refractivity contribution in [2.45, 2.75) is 44.6 Å². The molecule has 0 saturated heterocycles.